The van der Waals surface area contributed by atoms with Crippen LogP contribution in [0.3, 0.4) is 0 Å². The van der Waals surface area contributed by atoms with Crippen LogP contribution in [-0.2, 0) is 11.0 Å². The quantitative estimate of drug-likeness (QED) is 0.663. The van der Waals surface area contributed by atoms with Crippen LogP contribution in [0.15, 0.2) is 53.7 Å². The molecule has 3 N–H and O–H groups in total. The highest BCUT2D eigenvalue weighted by Gasteiger charge is 2.33. The Morgan fingerprint density at radius 3 is 2.42 bits per heavy atom. The van der Waals surface area contributed by atoms with E-state index in [4.69, 9.17) is 9.47 Å². The number of anilines is 1. The van der Waals surface area contributed by atoms with Crippen LogP contribution in [0.5, 0.6) is 11.5 Å². The van der Waals surface area contributed by atoms with Crippen LogP contribution in [0.4, 0.5) is 23.7 Å². The van der Waals surface area contributed by atoms with Gasteiger partial charge in [-0.05, 0) is 42.8 Å². The number of carbonyl (C=O) groups is 2. The van der Waals surface area contributed by atoms with Gasteiger partial charge in [0.1, 0.15) is 0 Å². The van der Waals surface area contributed by atoms with Crippen molar-refractivity contribution in [2.45, 2.75) is 19.1 Å². The van der Waals surface area contributed by atoms with E-state index in [9.17, 15) is 22.8 Å². The Hall–Kier alpha value is -3.69. The molecule has 0 saturated carbocycles. The summed E-state index contributed by atoms with van der Waals surface area (Å²) >= 11 is 0. The van der Waals surface area contributed by atoms with Crippen molar-refractivity contribution in [2.75, 3.05) is 19.5 Å². The van der Waals surface area contributed by atoms with Gasteiger partial charge in [-0.1, -0.05) is 12.1 Å². The standard InChI is InChI=1S/C21H20F3N3O4/c1-11-17(19(28)26-14-6-4-5-13(10-14)21(22,23)24)18(27-20(29)25-11)12-7-8-15(30-2)16(9-12)31-3/h4-10,18H,1-3H3,(H,26,28)(H2,25,27,29)/t18-/m1/s1. The average molecular weight is 435 g/mol. The molecule has 0 spiro atoms. The second-order valence-electron chi connectivity index (χ2n) is 6.72. The molecule has 3 rings (SSSR count). The van der Waals surface area contributed by atoms with Crippen LogP contribution in [0.2, 0.25) is 0 Å². The second kappa shape index (κ2) is 8.58. The van der Waals surface area contributed by atoms with E-state index in [-0.39, 0.29) is 17.0 Å². The molecule has 0 radical (unpaired) electrons. The van der Waals surface area contributed by atoms with Crippen molar-refractivity contribution in [1.82, 2.24) is 10.6 Å². The molecule has 0 unspecified atom stereocenters. The Kier molecular flexibility index (Phi) is 6.09. The molecule has 1 atom stereocenters. The maximum absolute atomic E-state index is 13.0. The summed E-state index contributed by atoms with van der Waals surface area (Å²) in [5.74, 6) is 0.189. The summed E-state index contributed by atoms with van der Waals surface area (Å²) in [4.78, 5) is 25.1. The molecule has 2 aromatic carbocycles. The van der Waals surface area contributed by atoms with Crippen LogP contribution >= 0.6 is 0 Å². The maximum atomic E-state index is 13.0. The molecular weight excluding hydrogens is 415 g/mol. The fraction of sp³-hybridized carbons (Fsp3) is 0.238. The number of allylic oxidation sites excluding steroid dienone is 1. The highest BCUT2D eigenvalue weighted by Crippen LogP contribution is 2.35. The summed E-state index contributed by atoms with van der Waals surface area (Å²) in [6.45, 7) is 1.54. The largest absolute Gasteiger partial charge is 0.493 e. The molecule has 0 aliphatic carbocycles. The summed E-state index contributed by atoms with van der Waals surface area (Å²) in [6, 6.07) is 7.81. The van der Waals surface area contributed by atoms with Crippen molar-refractivity contribution >= 4 is 17.6 Å². The van der Waals surface area contributed by atoms with E-state index >= 15 is 0 Å². The number of halogens is 3. The van der Waals surface area contributed by atoms with Crippen molar-refractivity contribution < 1.29 is 32.2 Å². The van der Waals surface area contributed by atoms with Crippen molar-refractivity contribution in [3.63, 3.8) is 0 Å². The molecule has 7 nitrogen and oxygen atoms in total. The van der Waals surface area contributed by atoms with Gasteiger partial charge in [0.15, 0.2) is 11.5 Å². The number of ether oxygens (including phenoxy) is 2. The Balaban J connectivity index is 1.96. The normalized spacial score (nSPS) is 16.3. The minimum absolute atomic E-state index is 0.0249. The monoisotopic (exact) mass is 435 g/mol. The van der Waals surface area contributed by atoms with Crippen molar-refractivity contribution in [1.29, 1.82) is 0 Å². The van der Waals surface area contributed by atoms with Gasteiger partial charge in [-0.25, -0.2) is 4.79 Å². The van der Waals surface area contributed by atoms with Crippen molar-refractivity contribution in [3.05, 3.63) is 64.9 Å². The number of carbonyl (C=O) groups excluding carboxylic acids is 2. The van der Waals surface area contributed by atoms with Gasteiger partial charge in [0.2, 0.25) is 0 Å². The summed E-state index contributed by atoms with van der Waals surface area (Å²) < 4.78 is 49.4. The highest BCUT2D eigenvalue weighted by atomic mass is 19.4. The second-order valence-corrected chi connectivity index (χ2v) is 6.72. The lowest BCUT2D eigenvalue weighted by molar-refractivity contribution is -0.137. The van der Waals surface area contributed by atoms with Gasteiger partial charge in [0, 0.05) is 11.4 Å². The molecule has 0 aromatic heterocycles. The van der Waals surface area contributed by atoms with Crippen molar-refractivity contribution in [3.8, 4) is 11.5 Å². The summed E-state index contributed by atoms with van der Waals surface area (Å²) in [7, 11) is 2.92. The van der Waals surface area contributed by atoms with Crippen LogP contribution in [-0.4, -0.2) is 26.2 Å². The first kappa shape index (κ1) is 22.0. The number of hydrogen-bond acceptors (Lipinski definition) is 4. The molecule has 1 aliphatic rings. The first-order valence-electron chi connectivity index (χ1n) is 9.13. The van der Waals surface area contributed by atoms with E-state index in [1.54, 1.807) is 18.2 Å². The van der Waals surface area contributed by atoms with Gasteiger partial charge in [0.05, 0.1) is 31.4 Å². The number of urea groups is 1. The maximum Gasteiger partial charge on any atom is 0.416 e. The molecule has 0 fully saturated rings. The molecular formula is C21H20F3N3O4. The first-order valence-corrected chi connectivity index (χ1v) is 9.13. The molecule has 10 heteroatoms. The molecule has 0 saturated heterocycles. The minimum Gasteiger partial charge on any atom is -0.493 e. The Morgan fingerprint density at radius 1 is 1.06 bits per heavy atom. The lowest BCUT2D eigenvalue weighted by Gasteiger charge is -2.29. The van der Waals surface area contributed by atoms with Gasteiger partial charge < -0.3 is 25.4 Å². The van der Waals surface area contributed by atoms with Gasteiger partial charge in [-0.2, -0.15) is 13.2 Å². The van der Waals surface area contributed by atoms with E-state index in [1.807, 2.05) is 0 Å². The molecule has 164 valence electrons. The van der Waals surface area contributed by atoms with E-state index < -0.39 is 29.7 Å². The van der Waals surface area contributed by atoms with Crippen LogP contribution in [0.25, 0.3) is 0 Å². The molecule has 0 bridgehead atoms. The highest BCUT2D eigenvalue weighted by molar-refractivity contribution is 6.06. The number of amides is 3. The summed E-state index contributed by atoms with van der Waals surface area (Å²) in [5.41, 5.74) is 0.0314. The Bertz CT molecular complexity index is 1050. The van der Waals surface area contributed by atoms with Gasteiger partial charge in [-0.3, -0.25) is 4.79 Å². The molecule has 1 heterocycles. The number of alkyl halides is 3. The predicted octanol–water partition coefficient (Wildman–Crippen LogP) is 3.99. The average Bonchev–Trinajstić information content (AvgIpc) is 2.72. The smallest absolute Gasteiger partial charge is 0.416 e. The van der Waals surface area contributed by atoms with E-state index in [0.29, 0.717) is 17.1 Å². The van der Waals surface area contributed by atoms with Crippen LogP contribution in [0.1, 0.15) is 24.1 Å². The molecule has 2 aromatic rings. The van der Waals surface area contributed by atoms with Gasteiger partial charge in [0.25, 0.3) is 5.91 Å². The first-order chi connectivity index (χ1) is 14.6. The van der Waals surface area contributed by atoms with E-state index in [1.165, 1.54) is 33.3 Å². The zero-order chi connectivity index (χ0) is 22.8. The van der Waals surface area contributed by atoms with Gasteiger partial charge >= 0.3 is 12.2 Å². The van der Waals surface area contributed by atoms with Crippen LogP contribution in [0, 0.1) is 0 Å². The lowest BCUT2D eigenvalue weighted by atomic mass is 9.94. The van der Waals surface area contributed by atoms with Crippen LogP contribution < -0.4 is 25.4 Å². The van der Waals surface area contributed by atoms with E-state index in [0.717, 1.165) is 12.1 Å². The summed E-state index contributed by atoms with van der Waals surface area (Å²) in [5, 5.41) is 7.65. The Labute approximate surface area is 176 Å². The predicted molar refractivity (Wildman–Crippen MR) is 107 cm³/mol. The SMILES string of the molecule is COc1ccc([C@H]2NC(=O)NC(C)=C2C(=O)Nc2cccc(C(F)(F)F)c2)cc1OC. The van der Waals surface area contributed by atoms with E-state index in [2.05, 4.69) is 16.0 Å². The number of methoxy groups -OCH3 is 2. The number of nitrogens with one attached hydrogen (secondary N) is 3. The number of rotatable bonds is 5. The number of hydrogen-bond donors (Lipinski definition) is 3. The fourth-order valence-corrected chi connectivity index (χ4v) is 3.25. The molecule has 3 amide bonds. The molecule has 1 aliphatic heterocycles. The zero-order valence-corrected chi connectivity index (χ0v) is 16.9. The minimum atomic E-state index is -4.54. The third kappa shape index (κ3) is 4.73. The zero-order valence-electron chi connectivity index (χ0n) is 16.9. The topological polar surface area (TPSA) is 88.7 Å². The van der Waals surface area contributed by atoms with Gasteiger partial charge in [-0.15, -0.1) is 0 Å². The number of benzene rings is 2. The summed E-state index contributed by atoms with van der Waals surface area (Å²) in [6.07, 6.45) is -4.54. The Morgan fingerprint density at radius 2 is 1.77 bits per heavy atom. The van der Waals surface area contributed by atoms with Crippen molar-refractivity contribution in [2.24, 2.45) is 0 Å². The lowest BCUT2D eigenvalue weighted by Crippen LogP contribution is -2.46. The fourth-order valence-electron chi connectivity index (χ4n) is 3.25. The third-order valence-electron chi connectivity index (χ3n) is 4.70. The molecule has 31 heavy (non-hydrogen) atoms. The third-order valence-corrected chi connectivity index (χ3v) is 4.70.